The molecule has 0 aliphatic rings. The topological polar surface area (TPSA) is 71.1 Å². The molecule has 0 aliphatic carbocycles. The van der Waals surface area contributed by atoms with Crippen LogP contribution < -0.4 is 9.47 Å². The summed E-state index contributed by atoms with van der Waals surface area (Å²) in [4.78, 5) is 23.5. The second kappa shape index (κ2) is 9.88. The van der Waals surface area contributed by atoms with E-state index in [-0.39, 0.29) is 13.2 Å². The van der Waals surface area contributed by atoms with Crippen molar-refractivity contribution in [1.29, 1.82) is 0 Å². The van der Waals surface area contributed by atoms with E-state index in [1.54, 1.807) is 39.8 Å². The fourth-order valence-electron chi connectivity index (χ4n) is 1.69. The molecule has 0 saturated heterocycles. The normalized spacial score (nSPS) is 12.9. The van der Waals surface area contributed by atoms with E-state index in [1.165, 1.54) is 0 Å². The van der Waals surface area contributed by atoms with Crippen LogP contribution in [0.15, 0.2) is 21.1 Å². The molecule has 0 heterocycles. The average molecular weight is 468 g/mol. The highest BCUT2D eigenvalue weighted by Crippen LogP contribution is 2.37. The molecule has 134 valence electrons. The van der Waals surface area contributed by atoms with Gasteiger partial charge >= 0.3 is 11.9 Å². The highest BCUT2D eigenvalue weighted by molar-refractivity contribution is 9.13. The van der Waals surface area contributed by atoms with E-state index in [9.17, 15) is 9.59 Å². The fourth-order valence-corrected chi connectivity index (χ4v) is 2.34. The van der Waals surface area contributed by atoms with Crippen molar-refractivity contribution in [2.45, 2.75) is 39.9 Å². The van der Waals surface area contributed by atoms with Gasteiger partial charge in [0.15, 0.2) is 23.7 Å². The van der Waals surface area contributed by atoms with Gasteiger partial charge in [-0.1, -0.05) is 0 Å². The molecule has 0 saturated carbocycles. The van der Waals surface area contributed by atoms with Crippen LogP contribution in [0, 0.1) is 0 Å². The summed E-state index contributed by atoms with van der Waals surface area (Å²) < 4.78 is 22.5. The number of hydrogen-bond donors (Lipinski definition) is 0. The van der Waals surface area contributed by atoms with Crippen LogP contribution in [0.25, 0.3) is 0 Å². The van der Waals surface area contributed by atoms with Gasteiger partial charge in [-0.2, -0.15) is 0 Å². The molecule has 1 aromatic rings. The number of carbonyl (C=O) groups is 2. The Balaban J connectivity index is 3.00. The summed E-state index contributed by atoms with van der Waals surface area (Å²) in [5, 5.41) is 0. The minimum Gasteiger partial charge on any atom is -0.475 e. The van der Waals surface area contributed by atoms with Gasteiger partial charge in [0.1, 0.15) is 0 Å². The van der Waals surface area contributed by atoms with Gasteiger partial charge < -0.3 is 18.9 Å². The van der Waals surface area contributed by atoms with Crippen LogP contribution in [-0.2, 0) is 19.1 Å². The predicted molar refractivity (Wildman–Crippen MR) is 95.3 cm³/mol. The van der Waals surface area contributed by atoms with Crippen molar-refractivity contribution >= 4 is 43.8 Å². The zero-order valence-corrected chi connectivity index (χ0v) is 17.1. The molecule has 1 rings (SSSR count). The van der Waals surface area contributed by atoms with Crippen molar-refractivity contribution < 1.29 is 28.5 Å². The van der Waals surface area contributed by atoms with Gasteiger partial charge in [-0.25, -0.2) is 9.59 Å². The molecule has 2 atom stereocenters. The Bertz CT molecular complexity index is 539. The van der Waals surface area contributed by atoms with Crippen LogP contribution in [-0.4, -0.2) is 37.4 Å². The first-order valence-corrected chi connectivity index (χ1v) is 9.04. The molecule has 2 unspecified atom stereocenters. The lowest BCUT2D eigenvalue weighted by Gasteiger charge is -2.19. The Morgan fingerprint density at radius 1 is 0.875 bits per heavy atom. The van der Waals surface area contributed by atoms with Crippen LogP contribution in [0.1, 0.15) is 27.7 Å². The van der Waals surface area contributed by atoms with Crippen LogP contribution in [0.4, 0.5) is 0 Å². The molecule has 0 aliphatic heterocycles. The summed E-state index contributed by atoms with van der Waals surface area (Å²) in [6, 6.07) is 3.29. The third-order valence-electron chi connectivity index (χ3n) is 2.83. The van der Waals surface area contributed by atoms with E-state index < -0.39 is 24.1 Å². The third kappa shape index (κ3) is 5.98. The third-order valence-corrected chi connectivity index (χ3v) is 4.68. The summed E-state index contributed by atoms with van der Waals surface area (Å²) >= 11 is 6.74. The monoisotopic (exact) mass is 466 g/mol. The maximum absolute atomic E-state index is 11.7. The molecule has 0 spiro atoms. The van der Waals surface area contributed by atoms with Crippen molar-refractivity contribution in [3.8, 4) is 11.5 Å². The second-order valence-corrected chi connectivity index (χ2v) is 6.45. The van der Waals surface area contributed by atoms with E-state index in [0.29, 0.717) is 20.4 Å². The lowest BCUT2D eigenvalue weighted by molar-refractivity contribution is -0.152. The lowest BCUT2D eigenvalue weighted by Crippen LogP contribution is -2.28. The highest BCUT2D eigenvalue weighted by Gasteiger charge is 2.22. The molecular formula is C16H20Br2O6. The van der Waals surface area contributed by atoms with Crippen molar-refractivity contribution in [1.82, 2.24) is 0 Å². The first kappa shape index (κ1) is 20.8. The van der Waals surface area contributed by atoms with Gasteiger partial charge in [0.25, 0.3) is 0 Å². The second-order valence-electron chi connectivity index (χ2n) is 4.74. The summed E-state index contributed by atoms with van der Waals surface area (Å²) in [5.41, 5.74) is 0. The van der Waals surface area contributed by atoms with Crippen LogP contribution in [0.3, 0.4) is 0 Å². The molecule has 24 heavy (non-hydrogen) atoms. The molecule has 1 aromatic carbocycles. The molecule has 0 fully saturated rings. The minimum absolute atomic E-state index is 0.264. The van der Waals surface area contributed by atoms with Gasteiger partial charge in [0, 0.05) is 8.95 Å². The molecule has 8 heteroatoms. The summed E-state index contributed by atoms with van der Waals surface area (Å²) in [7, 11) is 0. The molecule has 0 amide bonds. The van der Waals surface area contributed by atoms with Gasteiger partial charge in [-0.3, -0.25) is 0 Å². The summed E-state index contributed by atoms with van der Waals surface area (Å²) in [5.74, 6) is -0.356. The predicted octanol–water partition coefficient (Wildman–Crippen LogP) is 3.87. The van der Waals surface area contributed by atoms with Crippen molar-refractivity contribution in [2.24, 2.45) is 0 Å². The number of benzene rings is 1. The van der Waals surface area contributed by atoms with E-state index in [2.05, 4.69) is 31.9 Å². The Hall–Kier alpha value is -1.28. The molecule has 0 aromatic heterocycles. The number of ether oxygens (including phenoxy) is 4. The number of halogens is 2. The number of rotatable bonds is 8. The van der Waals surface area contributed by atoms with Gasteiger partial charge in [0.05, 0.1) is 13.2 Å². The lowest BCUT2D eigenvalue weighted by atomic mass is 10.3. The average Bonchev–Trinajstić information content (AvgIpc) is 2.52. The van der Waals surface area contributed by atoms with Crippen molar-refractivity contribution in [3.63, 3.8) is 0 Å². The Labute approximate surface area is 158 Å². The molecule has 0 N–H and O–H groups in total. The van der Waals surface area contributed by atoms with Gasteiger partial charge in [-0.15, -0.1) is 0 Å². The van der Waals surface area contributed by atoms with E-state index >= 15 is 0 Å². The molecule has 6 nitrogen and oxygen atoms in total. The largest absolute Gasteiger partial charge is 0.475 e. The standard InChI is InChI=1S/C16H20Br2O6/c1-5-21-15(19)9(3)23-13-7-11(17)12(18)8-14(13)24-10(4)16(20)22-6-2/h7-10H,5-6H2,1-4H3. The Morgan fingerprint density at radius 3 is 1.50 bits per heavy atom. The minimum atomic E-state index is -0.821. The van der Waals surface area contributed by atoms with Gasteiger partial charge in [-0.05, 0) is 71.7 Å². The van der Waals surface area contributed by atoms with E-state index in [1.807, 2.05) is 0 Å². The number of esters is 2. The fraction of sp³-hybridized carbons (Fsp3) is 0.500. The van der Waals surface area contributed by atoms with Crippen LogP contribution in [0.5, 0.6) is 11.5 Å². The summed E-state index contributed by atoms with van der Waals surface area (Å²) in [6.07, 6.45) is -1.64. The Morgan fingerprint density at radius 2 is 1.21 bits per heavy atom. The first-order valence-electron chi connectivity index (χ1n) is 7.45. The zero-order chi connectivity index (χ0) is 18.3. The highest BCUT2D eigenvalue weighted by atomic mass is 79.9. The van der Waals surface area contributed by atoms with E-state index in [0.717, 1.165) is 0 Å². The van der Waals surface area contributed by atoms with E-state index in [4.69, 9.17) is 18.9 Å². The number of carbonyl (C=O) groups excluding carboxylic acids is 2. The zero-order valence-electron chi connectivity index (χ0n) is 13.9. The molecule has 0 bridgehead atoms. The molecule has 0 radical (unpaired) electrons. The van der Waals surface area contributed by atoms with Gasteiger partial charge in [0.2, 0.25) is 0 Å². The van der Waals surface area contributed by atoms with Crippen LogP contribution >= 0.6 is 31.9 Å². The SMILES string of the molecule is CCOC(=O)C(C)Oc1cc(Br)c(Br)cc1OC(C)C(=O)OCC. The maximum Gasteiger partial charge on any atom is 0.347 e. The Kier molecular flexibility index (Phi) is 8.55. The first-order chi connectivity index (χ1) is 11.3. The quantitative estimate of drug-likeness (QED) is 0.540. The van der Waals surface area contributed by atoms with Crippen molar-refractivity contribution in [2.75, 3.05) is 13.2 Å². The van der Waals surface area contributed by atoms with Crippen molar-refractivity contribution in [3.05, 3.63) is 21.1 Å². The smallest absolute Gasteiger partial charge is 0.347 e. The number of hydrogen-bond acceptors (Lipinski definition) is 6. The summed E-state index contributed by atoms with van der Waals surface area (Å²) in [6.45, 7) is 7.12. The van der Waals surface area contributed by atoms with Crippen LogP contribution in [0.2, 0.25) is 0 Å². The molecular weight excluding hydrogens is 448 g/mol. The maximum atomic E-state index is 11.7.